The van der Waals surface area contributed by atoms with Crippen LogP contribution >= 0.6 is 22.6 Å². The van der Waals surface area contributed by atoms with Gasteiger partial charge < -0.3 is 5.32 Å². The van der Waals surface area contributed by atoms with Crippen LogP contribution < -0.4 is 5.32 Å². The van der Waals surface area contributed by atoms with Crippen LogP contribution in [-0.2, 0) is 6.54 Å². The van der Waals surface area contributed by atoms with E-state index in [2.05, 4.69) is 50.1 Å². The first kappa shape index (κ1) is 12.6. The van der Waals surface area contributed by atoms with Gasteiger partial charge in [0.1, 0.15) is 0 Å². The fourth-order valence-corrected chi connectivity index (χ4v) is 2.50. The van der Waals surface area contributed by atoms with Crippen LogP contribution in [0.2, 0.25) is 0 Å². The van der Waals surface area contributed by atoms with Gasteiger partial charge in [0.15, 0.2) is 5.82 Å². The number of nitrogens with one attached hydrogen (secondary N) is 1. The highest BCUT2D eigenvalue weighted by Gasteiger charge is 2.07. The Hall–Kier alpha value is -1.47. The van der Waals surface area contributed by atoms with Gasteiger partial charge in [-0.3, -0.25) is 0 Å². The maximum atomic E-state index is 4.67. The van der Waals surface area contributed by atoms with Crippen molar-refractivity contribution >= 4 is 33.5 Å². The molecule has 0 aliphatic rings. The van der Waals surface area contributed by atoms with Gasteiger partial charge >= 0.3 is 0 Å². The van der Waals surface area contributed by atoms with Gasteiger partial charge in [-0.25, -0.2) is 9.67 Å². The van der Waals surface area contributed by atoms with E-state index in [-0.39, 0.29) is 0 Å². The summed E-state index contributed by atoms with van der Waals surface area (Å²) in [5.41, 5.74) is 2.23. The van der Waals surface area contributed by atoms with Crippen molar-refractivity contribution in [2.75, 3.05) is 7.05 Å². The van der Waals surface area contributed by atoms with Crippen LogP contribution in [0.25, 0.3) is 16.7 Å². The smallest absolute Gasteiger partial charge is 0.154 e. The predicted octanol–water partition coefficient (Wildman–Crippen LogP) is 2.74. The topological polar surface area (TPSA) is 42.7 Å². The average Bonchev–Trinajstić information content (AvgIpc) is 2.86. The minimum absolute atomic E-state index is 0.814. The summed E-state index contributed by atoms with van der Waals surface area (Å²) >= 11 is 2.25. The van der Waals surface area contributed by atoms with Crippen LogP contribution in [0.5, 0.6) is 0 Å². The number of nitrogens with zero attached hydrogens (tertiary/aromatic N) is 3. The molecule has 0 bridgehead atoms. The van der Waals surface area contributed by atoms with Crippen molar-refractivity contribution in [1.82, 2.24) is 20.1 Å². The molecule has 0 radical (unpaired) electrons. The Bertz CT molecular complexity index is 720. The van der Waals surface area contributed by atoms with Gasteiger partial charge in [-0.05, 0) is 47.3 Å². The highest BCUT2D eigenvalue weighted by atomic mass is 127. The van der Waals surface area contributed by atoms with Crippen molar-refractivity contribution in [3.05, 3.63) is 51.9 Å². The van der Waals surface area contributed by atoms with Crippen molar-refractivity contribution in [3.8, 4) is 5.82 Å². The normalized spacial score (nSPS) is 11.1. The molecule has 1 N–H and O–H groups in total. The first-order valence-electron chi connectivity index (χ1n) is 6.02. The molecule has 5 heteroatoms. The predicted molar refractivity (Wildman–Crippen MR) is 84.3 cm³/mol. The first-order chi connectivity index (χ1) is 9.28. The summed E-state index contributed by atoms with van der Waals surface area (Å²) in [5.74, 6) is 0.854. The summed E-state index contributed by atoms with van der Waals surface area (Å²) in [4.78, 5) is 4.67. The Kier molecular flexibility index (Phi) is 3.48. The number of benzene rings is 1. The molecule has 0 spiro atoms. The number of hydrogen-bond donors (Lipinski definition) is 1. The molecule has 96 valence electrons. The molecule has 0 saturated heterocycles. The highest BCUT2D eigenvalue weighted by molar-refractivity contribution is 14.1. The number of halogens is 1. The molecule has 0 aliphatic heterocycles. The lowest BCUT2D eigenvalue weighted by Crippen LogP contribution is -2.08. The van der Waals surface area contributed by atoms with Gasteiger partial charge in [-0.1, -0.05) is 18.2 Å². The molecular formula is C14H13IN4. The fraction of sp³-hybridized carbons (Fsp3) is 0.143. The second-order valence-corrected chi connectivity index (χ2v) is 5.54. The van der Waals surface area contributed by atoms with Gasteiger partial charge in [-0.2, -0.15) is 5.10 Å². The van der Waals surface area contributed by atoms with Crippen molar-refractivity contribution in [2.24, 2.45) is 0 Å². The number of pyridine rings is 1. The molecule has 0 unspecified atom stereocenters. The molecule has 3 aromatic rings. The molecule has 0 aliphatic carbocycles. The second kappa shape index (κ2) is 5.26. The number of hydrogen-bond acceptors (Lipinski definition) is 3. The van der Waals surface area contributed by atoms with Crippen LogP contribution in [0.4, 0.5) is 0 Å². The van der Waals surface area contributed by atoms with E-state index in [1.807, 2.05) is 42.3 Å². The zero-order chi connectivity index (χ0) is 13.2. The van der Waals surface area contributed by atoms with Gasteiger partial charge in [-0.15, -0.1) is 0 Å². The monoisotopic (exact) mass is 364 g/mol. The summed E-state index contributed by atoms with van der Waals surface area (Å²) in [6.07, 6.45) is 3.80. The molecule has 19 heavy (non-hydrogen) atoms. The molecule has 0 saturated carbocycles. The SMILES string of the molecule is CNCc1cc(-n2cc(I)cn2)nc2ccccc12. The summed E-state index contributed by atoms with van der Waals surface area (Å²) in [6, 6.07) is 10.3. The van der Waals surface area contributed by atoms with Crippen molar-refractivity contribution in [1.29, 1.82) is 0 Å². The Morgan fingerprint density at radius 1 is 1.32 bits per heavy atom. The summed E-state index contributed by atoms with van der Waals surface area (Å²) in [5, 5.41) is 8.70. The van der Waals surface area contributed by atoms with E-state index in [1.165, 1.54) is 10.9 Å². The van der Waals surface area contributed by atoms with E-state index in [0.717, 1.165) is 21.4 Å². The first-order valence-corrected chi connectivity index (χ1v) is 7.09. The zero-order valence-corrected chi connectivity index (χ0v) is 12.6. The van der Waals surface area contributed by atoms with Crippen molar-refractivity contribution in [3.63, 3.8) is 0 Å². The third-order valence-corrected chi connectivity index (χ3v) is 3.50. The maximum Gasteiger partial charge on any atom is 0.154 e. The number of aromatic nitrogens is 3. The van der Waals surface area contributed by atoms with Crippen molar-refractivity contribution in [2.45, 2.75) is 6.54 Å². The third-order valence-electron chi connectivity index (χ3n) is 2.94. The fourth-order valence-electron chi connectivity index (χ4n) is 2.11. The van der Waals surface area contributed by atoms with E-state index < -0.39 is 0 Å². The van der Waals surface area contributed by atoms with Crippen LogP contribution in [0, 0.1) is 3.57 Å². The average molecular weight is 364 g/mol. The number of rotatable bonds is 3. The number of fused-ring (bicyclic) bond motifs is 1. The lowest BCUT2D eigenvalue weighted by atomic mass is 10.1. The molecule has 4 nitrogen and oxygen atoms in total. The standard InChI is InChI=1S/C14H13IN4/c1-16-7-10-6-14(19-9-11(15)8-17-19)18-13-5-3-2-4-12(10)13/h2-6,8-9,16H,7H2,1H3. The van der Waals surface area contributed by atoms with Gasteiger partial charge in [0.2, 0.25) is 0 Å². The Labute approximate surface area is 125 Å². The third kappa shape index (κ3) is 2.48. The Morgan fingerprint density at radius 3 is 2.89 bits per heavy atom. The Morgan fingerprint density at radius 2 is 2.16 bits per heavy atom. The quantitative estimate of drug-likeness (QED) is 0.727. The molecule has 3 rings (SSSR count). The van der Waals surface area contributed by atoms with Gasteiger partial charge in [0, 0.05) is 18.1 Å². The van der Waals surface area contributed by atoms with Gasteiger partial charge in [0.05, 0.1) is 15.3 Å². The van der Waals surface area contributed by atoms with Crippen LogP contribution in [-0.4, -0.2) is 21.8 Å². The van der Waals surface area contributed by atoms with Crippen LogP contribution in [0.1, 0.15) is 5.56 Å². The molecule has 2 aromatic heterocycles. The van der Waals surface area contributed by atoms with E-state index in [4.69, 9.17) is 0 Å². The largest absolute Gasteiger partial charge is 0.316 e. The molecular weight excluding hydrogens is 351 g/mol. The maximum absolute atomic E-state index is 4.67. The lowest BCUT2D eigenvalue weighted by Gasteiger charge is -2.09. The summed E-state index contributed by atoms with van der Waals surface area (Å²) in [7, 11) is 1.95. The van der Waals surface area contributed by atoms with E-state index >= 15 is 0 Å². The van der Waals surface area contributed by atoms with E-state index in [1.54, 1.807) is 0 Å². The number of para-hydroxylation sites is 1. The lowest BCUT2D eigenvalue weighted by molar-refractivity contribution is 0.810. The van der Waals surface area contributed by atoms with E-state index in [0.29, 0.717) is 0 Å². The minimum Gasteiger partial charge on any atom is -0.316 e. The molecule has 2 heterocycles. The zero-order valence-electron chi connectivity index (χ0n) is 10.5. The Balaban J connectivity index is 2.21. The molecule has 0 atom stereocenters. The summed E-state index contributed by atoms with van der Waals surface area (Å²) < 4.78 is 2.91. The van der Waals surface area contributed by atoms with Crippen LogP contribution in [0.15, 0.2) is 42.7 Å². The minimum atomic E-state index is 0.814. The van der Waals surface area contributed by atoms with Gasteiger partial charge in [0.25, 0.3) is 0 Å². The molecule has 1 aromatic carbocycles. The molecule has 0 amide bonds. The van der Waals surface area contributed by atoms with Crippen molar-refractivity contribution < 1.29 is 0 Å². The van der Waals surface area contributed by atoms with Crippen LogP contribution in [0.3, 0.4) is 0 Å². The highest BCUT2D eigenvalue weighted by Crippen LogP contribution is 2.20. The second-order valence-electron chi connectivity index (χ2n) is 4.29. The summed E-state index contributed by atoms with van der Waals surface area (Å²) in [6.45, 7) is 0.814. The molecule has 0 fully saturated rings. The van der Waals surface area contributed by atoms with E-state index in [9.17, 15) is 0 Å².